The van der Waals surface area contributed by atoms with Crippen molar-refractivity contribution in [2.45, 2.75) is 135 Å². The zero-order valence-electron chi connectivity index (χ0n) is 47.2. The Morgan fingerprint density at radius 1 is 0.412 bits per heavy atom. The molecule has 0 aliphatic carbocycles. The Kier molecular flexibility index (Phi) is 33.4. The van der Waals surface area contributed by atoms with Crippen molar-refractivity contribution in [3.05, 3.63) is 106 Å². The number of nitrogens with one attached hydrogen (secondary N) is 6. The van der Waals surface area contributed by atoms with E-state index < -0.39 is 19.0 Å². The van der Waals surface area contributed by atoms with Crippen LogP contribution in [-0.2, 0) is 42.7 Å². The van der Waals surface area contributed by atoms with E-state index in [4.69, 9.17) is 24.0 Å². The molecule has 8 N–H and O–H groups in total. The Balaban J connectivity index is 1.58. The van der Waals surface area contributed by atoms with Crippen molar-refractivity contribution >= 4 is 54.6 Å². The summed E-state index contributed by atoms with van der Waals surface area (Å²) in [6.45, 7) is 6.85. The summed E-state index contributed by atoms with van der Waals surface area (Å²) >= 11 is 0. The van der Waals surface area contributed by atoms with Gasteiger partial charge in [0.25, 0.3) is 11.8 Å². The summed E-state index contributed by atoms with van der Waals surface area (Å²) in [4.78, 5) is 121. The molecule has 0 fully saturated rings. The van der Waals surface area contributed by atoms with E-state index in [2.05, 4.69) is 31.9 Å². The highest BCUT2D eigenvalue weighted by molar-refractivity contribution is 7.51. The highest BCUT2D eigenvalue weighted by Gasteiger charge is 2.34. The first-order valence-electron chi connectivity index (χ1n) is 28.0. The first-order chi connectivity index (χ1) is 38.3. The van der Waals surface area contributed by atoms with Gasteiger partial charge in [0, 0.05) is 101 Å². The predicted molar refractivity (Wildman–Crippen MR) is 305 cm³/mol. The molecule has 0 unspecified atom stereocenters. The van der Waals surface area contributed by atoms with Crippen LogP contribution in [0.3, 0.4) is 0 Å². The lowest BCUT2D eigenvalue weighted by Gasteiger charge is -2.34. The van der Waals surface area contributed by atoms with Gasteiger partial charge in [-0.2, -0.15) is 0 Å². The van der Waals surface area contributed by atoms with Crippen LogP contribution in [0.1, 0.15) is 157 Å². The van der Waals surface area contributed by atoms with Crippen LogP contribution in [0, 0.1) is 20.8 Å². The van der Waals surface area contributed by atoms with Crippen LogP contribution in [0.15, 0.2) is 72.8 Å². The van der Waals surface area contributed by atoms with Crippen LogP contribution < -0.4 is 31.9 Å². The lowest BCUT2D eigenvalue weighted by molar-refractivity contribution is -0.131. The smallest absolute Gasteiger partial charge is 0.325 e. The summed E-state index contributed by atoms with van der Waals surface area (Å²) in [6.07, 6.45) is 5.98. The molecule has 0 spiro atoms. The Bertz CT molecular complexity index is 2200. The van der Waals surface area contributed by atoms with Gasteiger partial charge in [0.1, 0.15) is 11.3 Å². The van der Waals surface area contributed by atoms with Crippen molar-refractivity contribution in [2.24, 2.45) is 0 Å². The molecule has 0 saturated carbocycles. The van der Waals surface area contributed by atoms with Crippen LogP contribution in [0.25, 0.3) is 0 Å². The van der Waals surface area contributed by atoms with Crippen molar-refractivity contribution in [3.63, 3.8) is 0 Å². The average molecular weight is 1140 g/mol. The quantitative estimate of drug-likeness (QED) is 0.0176. The summed E-state index contributed by atoms with van der Waals surface area (Å²) in [5, 5.41) is 17.1. The molecule has 0 aliphatic rings. The van der Waals surface area contributed by atoms with Crippen LogP contribution in [0.2, 0.25) is 0 Å². The van der Waals surface area contributed by atoms with Crippen molar-refractivity contribution < 1.29 is 66.9 Å². The van der Waals surface area contributed by atoms with Crippen LogP contribution >= 0.6 is 7.60 Å². The van der Waals surface area contributed by atoms with E-state index in [0.717, 1.165) is 16.7 Å². The number of carbonyl (C=O) groups excluding carboxylic acids is 8. The molecule has 20 nitrogen and oxygen atoms in total. The largest absolute Gasteiger partial charge is 0.378 e. The van der Waals surface area contributed by atoms with Gasteiger partial charge in [0.2, 0.25) is 23.6 Å². The minimum atomic E-state index is -4.04. The van der Waals surface area contributed by atoms with E-state index in [1.54, 1.807) is 24.3 Å². The maximum atomic E-state index is 13.7. The Morgan fingerprint density at radius 2 is 0.800 bits per heavy atom. The summed E-state index contributed by atoms with van der Waals surface area (Å²) in [7, 11) is -4.04. The molecule has 0 heterocycles. The Morgan fingerprint density at radius 3 is 1.29 bits per heavy atom. The fraction of sp³-hybridized carbons (Fsp3) is 0.559. The van der Waals surface area contributed by atoms with Crippen LogP contribution in [-0.4, -0.2) is 141 Å². The van der Waals surface area contributed by atoms with Crippen molar-refractivity contribution in [2.75, 3.05) is 78.5 Å². The molecule has 80 heavy (non-hydrogen) atoms. The molecule has 0 atom stereocenters. The predicted octanol–water partition coefficient (Wildman–Crippen LogP) is 6.29. The van der Waals surface area contributed by atoms with E-state index in [9.17, 15) is 42.9 Å². The monoisotopic (exact) mass is 1130 g/mol. The number of unbranched alkanes of at least 4 members (excludes halogenated alkanes) is 5. The molecular formula is C59H87N6O14P. The molecule has 21 heteroatoms. The number of hydrogen-bond donors (Lipinski definition) is 8. The molecule has 3 aromatic rings. The van der Waals surface area contributed by atoms with E-state index in [1.165, 1.54) is 0 Å². The first-order valence-corrected chi connectivity index (χ1v) is 29.8. The third-order valence-corrected chi connectivity index (χ3v) is 13.7. The molecule has 0 saturated heterocycles. The zero-order chi connectivity index (χ0) is 58.4. The van der Waals surface area contributed by atoms with Crippen LogP contribution in [0.4, 0.5) is 0 Å². The number of ketones is 2. The van der Waals surface area contributed by atoms with Gasteiger partial charge in [0.15, 0.2) is 5.78 Å². The number of Topliss-reactive ketones (excluding diaryl/α,β-unsaturated/α-hetero) is 2. The maximum Gasteiger partial charge on any atom is 0.325 e. The number of aryl methyl sites for hydroxylation is 3. The number of amides is 6. The molecule has 3 aromatic carbocycles. The van der Waals surface area contributed by atoms with Crippen molar-refractivity contribution in [1.82, 2.24) is 31.9 Å². The third-order valence-electron chi connectivity index (χ3n) is 12.8. The van der Waals surface area contributed by atoms with Crippen molar-refractivity contribution in [3.8, 4) is 0 Å². The summed E-state index contributed by atoms with van der Waals surface area (Å²) in [5.41, 5.74) is 3.53. The standard InChI is InChI=1S/C59H87N6O14P/c1-45-18-24-48(25-19-45)52(67)15-8-6-7-14-51(66)30-38-77-42-59(65-56(71)17-11-16-53(68)60-33-9-4-5-10-41-80(74,75)76,43-78-39-31-54(69)61-34-12-36-63-57(72)49-26-20-46(2)21-27-49)44-79-40-32-55(70)62-35-13-37-64-58(73)50-28-22-47(3)23-29-50/h18-29H,4-17,30-44H2,1-3H3,(H,60,68)(H,61,69)(H,62,70)(H,63,72)(H,64,73)(H,65,71)(H2,74,75,76). The molecule has 3 rings (SSSR count). The topological polar surface area (TPSA) is 294 Å². The normalized spacial score (nSPS) is 11.4. The van der Waals surface area contributed by atoms with Gasteiger partial charge in [0.05, 0.1) is 39.6 Å². The summed E-state index contributed by atoms with van der Waals surface area (Å²) in [5.74, 6) is -1.70. The maximum absolute atomic E-state index is 13.7. The third kappa shape index (κ3) is 32.2. The second kappa shape index (κ2) is 39.3. The molecule has 442 valence electrons. The zero-order valence-corrected chi connectivity index (χ0v) is 48.1. The number of carbonyl (C=O) groups is 8. The molecule has 0 radical (unpaired) electrons. The summed E-state index contributed by atoms with van der Waals surface area (Å²) in [6, 6.07) is 21.9. The van der Waals surface area contributed by atoms with Gasteiger partial charge < -0.3 is 55.9 Å². The molecule has 0 bridgehead atoms. The van der Waals surface area contributed by atoms with Gasteiger partial charge in [-0.1, -0.05) is 84.5 Å². The highest BCUT2D eigenvalue weighted by atomic mass is 31.2. The van der Waals surface area contributed by atoms with Gasteiger partial charge in [-0.15, -0.1) is 0 Å². The number of ether oxygens (including phenoxy) is 3. The minimum absolute atomic E-state index is 0.00790. The molecule has 6 amide bonds. The van der Waals surface area contributed by atoms with Gasteiger partial charge in [-0.05, 0) is 90.0 Å². The van der Waals surface area contributed by atoms with Gasteiger partial charge in [-0.25, -0.2) is 0 Å². The lowest BCUT2D eigenvalue weighted by atomic mass is 10.0. The average Bonchev–Trinajstić information content (AvgIpc) is 3.41. The van der Waals surface area contributed by atoms with Gasteiger partial charge >= 0.3 is 7.60 Å². The van der Waals surface area contributed by atoms with E-state index in [0.29, 0.717) is 120 Å². The highest BCUT2D eigenvalue weighted by Crippen LogP contribution is 2.35. The molecule has 0 aliphatic heterocycles. The lowest BCUT2D eigenvalue weighted by Crippen LogP contribution is -2.58. The van der Waals surface area contributed by atoms with E-state index >= 15 is 0 Å². The Labute approximate surface area is 471 Å². The number of rotatable bonds is 44. The minimum Gasteiger partial charge on any atom is -0.378 e. The van der Waals surface area contributed by atoms with Gasteiger partial charge in [-0.3, -0.25) is 42.9 Å². The summed E-state index contributed by atoms with van der Waals surface area (Å²) < 4.78 is 29.2. The fourth-order valence-corrected chi connectivity index (χ4v) is 8.69. The second-order valence-electron chi connectivity index (χ2n) is 20.3. The second-order valence-corrected chi connectivity index (χ2v) is 22.1. The van der Waals surface area contributed by atoms with Crippen LogP contribution in [0.5, 0.6) is 0 Å². The fourth-order valence-electron chi connectivity index (χ4n) is 8.05. The number of benzene rings is 3. The van der Waals surface area contributed by atoms with E-state index in [1.807, 2.05) is 69.3 Å². The SMILES string of the molecule is Cc1ccc(C(=O)CCCCCC(=O)CCOCC(COCCC(=O)NCCCNC(=O)c2ccc(C)cc2)(COCCC(=O)NCCCNC(=O)c2ccc(C)cc2)NC(=O)CCCC(=O)NCCCCCCP(=O)(O)O)cc1. The van der Waals surface area contributed by atoms with E-state index in [-0.39, 0.29) is 125 Å². The molecule has 0 aromatic heterocycles. The number of hydrogen-bond acceptors (Lipinski definition) is 12. The Hall–Kier alpha value is -6.15. The van der Waals surface area contributed by atoms with Crippen molar-refractivity contribution in [1.29, 1.82) is 0 Å². The molecular weight excluding hydrogens is 1050 g/mol. The first kappa shape index (κ1) is 68.1.